The highest BCUT2D eigenvalue weighted by Crippen LogP contribution is 2.32. The van der Waals surface area contributed by atoms with Crippen LogP contribution in [0.25, 0.3) is 11.0 Å². The number of imidazole rings is 1. The Labute approximate surface area is 203 Å². The van der Waals surface area contributed by atoms with Crippen molar-refractivity contribution in [3.8, 4) is 11.5 Å². The van der Waals surface area contributed by atoms with Crippen LogP contribution in [0.2, 0.25) is 0 Å². The first-order valence-corrected chi connectivity index (χ1v) is 11.4. The molecular formula is C25H33F3N4O3. The van der Waals surface area contributed by atoms with Gasteiger partial charge >= 0.3 is 6.18 Å². The zero-order valence-electron chi connectivity index (χ0n) is 20.5. The number of hydrogen-bond acceptors (Lipinski definition) is 6. The molecule has 0 aliphatic rings. The first-order valence-electron chi connectivity index (χ1n) is 11.4. The van der Waals surface area contributed by atoms with Crippen molar-refractivity contribution in [2.24, 2.45) is 0 Å². The molecule has 0 unspecified atom stereocenters. The van der Waals surface area contributed by atoms with E-state index < -0.39 is 18.1 Å². The molecule has 35 heavy (non-hydrogen) atoms. The molecule has 0 bridgehead atoms. The van der Waals surface area contributed by atoms with Crippen LogP contribution in [0.5, 0.6) is 11.5 Å². The van der Waals surface area contributed by atoms with Gasteiger partial charge in [0.05, 0.1) is 37.4 Å². The van der Waals surface area contributed by atoms with Gasteiger partial charge in [0, 0.05) is 19.6 Å². The second kappa shape index (κ2) is 11.7. The fraction of sp³-hybridized carbons (Fsp3) is 0.480. The maximum atomic E-state index is 13.5. The minimum Gasteiger partial charge on any atom is -0.493 e. The number of ether oxygens (including phenoxy) is 2. The molecule has 0 aliphatic carbocycles. The molecule has 0 fully saturated rings. The molecule has 0 amide bonds. The number of halogens is 3. The predicted octanol–water partition coefficient (Wildman–Crippen LogP) is 3.89. The molecule has 2 aromatic carbocycles. The lowest BCUT2D eigenvalue weighted by Gasteiger charge is -2.22. The van der Waals surface area contributed by atoms with Crippen LogP contribution in [0.1, 0.15) is 17.8 Å². The average Bonchev–Trinajstić information content (AvgIpc) is 3.16. The minimum atomic E-state index is -4.61. The topological polar surface area (TPSA) is 63.0 Å². The van der Waals surface area contributed by atoms with E-state index in [4.69, 9.17) is 9.47 Å². The van der Waals surface area contributed by atoms with Crippen LogP contribution in [-0.4, -0.2) is 78.5 Å². The molecule has 0 saturated carbocycles. The monoisotopic (exact) mass is 494 g/mol. The Bertz CT molecular complexity index is 1100. The van der Waals surface area contributed by atoms with Crippen molar-refractivity contribution in [1.82, 2.24) is 19.4 Å². The van der Waals surface area contributed by atoms with Gasteiger partial charge in [-0.25, -0.2) is 4.98 Å². The third kappa shape index (κ3) is 7.33. The van der Waals surface area contributed by atoms with Gasteiger partial charge in [-0.2, -0.15) is 13.2 Å². The van der Waals surface area contributed by atoms with Crippen molar-refractivity contribution in [3.63, 3.8) is 0 Å². The number of benzene rings is 2. The molecule has 7 nitrogen and oxygen atoms in total. The summed E-state index contributed by atoms with van der Waals surface area (Å²) in [6.07, 6.45) is -4.75. The highest BCUT2D eigenvalue weighted by atomic mass is 19.4. The fourth-order valence-electron chi connectivity index (χ4n) is 3.97. The van der Waals surface area contributed by atoms with Crippen LogP contribution in [0, 0.1) is 0 Å². The maximum absolute atomic E-state index is 13.5. The highest BCUT2D eigenvalue weighted by molar-refractivity contribution is 5.76. The lowest BCUT2D eigenvalue weighted by atomic mass is 10.2. The lowest BCUT2D eigenvalue weighted by molar-refractivity contribution is -0.147. The number of likely N-dealkylation sites (N-methyl/N-ethyl adjacent to an activating group) is 1. The van der Waals surface area contributed by atoms with Crippen molar-refractivity contribution in [2.45, 2.75) is 31.8 Å². The van der Waals surface area contributed by atoms with Crippen LogP contribution >= 0.6 is 0 Å². The quantitative estimate of drug-likeness (QED) is 0.386. The summed E-state index contributed by atoms with van der Waals surface area (Å²) in [6.45, 7) is 1.93. The van der Waals surface area contributed by atoms with Gasteiger partial charge in [-0.05, 0) is 57.4 Å². The Morgan fingerprint density at radius 1 is 1.09 bits per heavy atom. The Morgan fingerprint density at radius 2 is 1.83 bits per heavy atom. The van der Waals surface area contributed by atoms with Gasteiger partial charge < -0.3 is 24.0 Å². The number of methoxy groups -OCH3 is 1. The van der Waals surface area contributed by atoms with E-state index in [-0.39, 0.29) is 18.6 Å². The number of fused-ring (bicyclic) bond motifs is 1. The number of aliphatic hydroxyl groups excluding tert-OH is 1. The molecule has 3 aromatic rings. The van der Waals surface area contributed by atoms with Gasteiger partial charge in [-0.15, -0.1) is 0 Å². The van der Waals surface area contributed by atoms with E-state index in [1.165, 1.54) is 6.07 Å². The van der Waals surface area contributed by atoms with E-state index in [0.29, 0.717) is 30.2 Å². The SMILES string of the molecule is COc1cc(CN(C)C[C@H](O)Cn2c(C(F)(F)F)nc3ccccc32)ccc1OCCCN(C)C. The molecule has 0 spiro atoms. The molecule has 0 radical (unpaired) electrons. The number of aliphatic hydroxyl groups is 1. The van der Waals surface area contributed by atoms with Crippen LogP contribution in [-0.2, 0) is 19.3 Å². The third-order valence-electron chi connectivity index (χ3n) is 5.51. The minimum absolute atomic E-state index is 0.176. The molecule has 10 heteroatoms. The number of para-hydroxylation sites is 2. The van der Waals surface area contributed by atoms with Gasteiger partial charge in [-0.1, -0.05) is 18.2 Å². The Hall–Kier alpha value is -2.82. The second-order valence-electron chi connectivity index (χ2n) is 8.87. The van der Waals surface area contributed by atoms with Gasteiger partial charge in [0.25, 0.3) is 0 Å². The summed E-state index contributed by atoms with van der Waals surface area (Å²) >= 11 is 0. The molecule has 1 N–H and O–H groups in total. The van der Waals surface area contributed by atoms with Crippen molar-refractivity contribution < 1.29 is 27.8 Å². The number of hydrogen-bond donors (Lipinski definition) is 1. The largest absolute Gasteiger partial charge is 0.493 e. The molecule has 0 aliphatic heterocycles. The van der Waals surface area contributed by atoms with Crippen LogP contribution < -0.4 is 9.47 Å². The van der Waals surface area contributed by atoms with Crippen LogP contribution in [0.4, 0.5) is 13.2 Å². The number of nitrogens with zero attached hydrogens (tertiary/aromatic N) is 4. The van der Waals surface area contributed by atoms with Crippen molar-refractivity contribution in [1.29, 1.82) is 0 Å². The Kier molecular flexibility index (Phi) is 8.98. The van der Waals surface area contributed by atoms with Crippen molar-refractivity contribution in [2.75, 3.05) is 47.9 Å². The molecule has 192 valence electrons. The fourth-order valence-corrected chi connectivity index (χ4v) is 3.97. The normalized spacial score (nSPS) is 13.1. The number of alkyl halides is 3. The number of aromatic nitrogens is 2. The summed E-state index contributed by atoms with van der Waals surface area (Å²) in [5, 5.41) is 10.6. The molecule has 1 atom stereocenters. The first kappa shape index (κ1) is 26.8. The standard InChI is InChI=1S/C25H33F3N4O3/c1-30(2)12-7-13-35-22-11-10-18(14-23(22)34-4)15-31(3)16-19(33)17-32-21-9-6-5-8-20(21)29-24(32)25(26,27)28/h5-6,8-11,14,19,33H,7,12-13,15-17H2,1-4H3/t19-/m0/s1. The van der Waals surface area contributed by atoms with E-state index >= 15 is 0 Å². The van der Waals surface area contributed by atoms with E-state index in [1.807, 2.05) is 37.2 Å². The zero-order valence-corrected chi connectivity index (χ0v) is 20.5. The summed E-state index contributed by atoms with van der Waals surface area (Å²) in [4.78, 5) is 7.67. The van der Waals surface area contributed by atoms with Gasteiger partial charge in [-0.3, -0.25) is 4.90 Å². The number of rotatable bonds is 12. The van der Waals surface area contributed by atoms with Crippen molar-refractivity contribution in [3.05, 3.63) is 53.9 Å². The average molecular weight is 495 g/mol. The summed E-state index contributed by atoms with van der Waals surface area (Å²) in [6, 6.07) is 12.0. The summed E-state index contributed by atoms with van der Waals surface area (Å²) in [5.41, 5.74) is 1.52. The first-order chi connectivity index (χ1) is 16.6. The van der Waals surface area contributed by atoms with E-state index in [1.54, 1.807) is 32.4 Å². The van der Waals surface area contributed by atoms with Crippen LogP contribution in [0.15, 0.2) is 42.5 Å². The molecular weight excluding hydrogens is 461 g/mol. The smallest absolute Gasteiger partial charge is 0.449 e. The Morgan fingerprint density at radius 3 is 2.51 bits per heavy atom. The highest BCUT2D eigenvalue weighted by Gasteiger charge is 2.38. The summed E-state index contributed by atoms with van der Waals surface area (Å²) < 4.78 is 52.9. The summed E-state index contributed by atoms with van der Waals surface area (Å²) in [7, 11) is 7.40. The zero-order chi connectivity index (χ0) is 25.6. The van der Waals surface area contributed by atoms with E-state index in [9.17, 15) is 18.3 Å². The second-order valence-corrected chi connectivity index (χ2v) is 8.87. The van der Waals surface area contributed by atoms with E-state index in [2.05, 4.69) is 9.88 Å². The van der Waals surface area contributed by atoms with Crippen LogP contribution in [0.3, 0.4) is 0 Å². The third-order valence-corrected chi connectivity index (χ3v) is 5.51. The lowest BCUT2D eigenvalue weighted by Crippen LogP contribution is -2.32. The van der Waals surface area contributed by atoms with Gasteiger partial charge in [0.1, 0.15) is 0 Å². The van der Waals surface area contributed by atoms with Gasteiger partial charge in [0.2, 0.25) is 5.82 Å². The van der Waals surface area contributed by atoms with E-state index in [0.717, 1.165) is 23.1 Å². The molecule has 0 saturated heterocycles. The van der Waals surface area contributed by atoms with Crippen molar-refractivity contribution >= 4 is 11.0 Å². The molecule has 3 rings (SSSR count). The predicted molar refractivity (Wildman–Crippen MR) is 129 cm³/mol. The Balaban J connectivity index is 1.62. The maximum Gasteiger partial charge on any atom is 0.449 e. The molecule has 1 aromatic heterocycles. The van der Waals surface area contributed by atoms with Gasteiger partial charge in [0.15, 0.2) is 11.5 Å². The molecule has 1 heterocycles. The summed E-state index contributed by atoms with van der Waals surface area (Å²) in [5.74, 6) is 0.261.